The average molecular weight is 359 g/mol. The predicted octanol–water partition coefficient (Wildman–Crippen LogP) is 3.23. The molecule has 1 aliphatic carbocycles. The number of phenols is 1. The molecule has 3 aliphatic rings. The Morgan fingerprint density at radius 1 is 1.04 bits per heavy atom. The summed E-state index contributed by atoms with van der Waals surface area (Å²) in [5, 5.41) is 19.8. The molecule has 144 valence electrons. The summed E-state index contributed by atoms with van der Waals surface area (Å²) in [6, 6.07) is 8.42. The Balaban J connectivity index is 1.36. The van der Waals surface area contributed by atoms with Gasteiger partial charge in [0.1, 0.15) is 5.75 Å². The Labute approximate surface area is 157 Å². The van der Waals surface area contributed by atoms with Crippen LogP contribution >= 0.6 is 0 Å². The van der Waals surface area contributed by atoms with Crippen molar-refractivity contribution in [3.8, 4) is 5.75 Å². The first-order chi connectivity index (χ1) is 12.7. The lowest BCUT2D eigenvalue weighted by Gasteiger charge is -2.52. The molecule has 2 aliphatic heterocycles. The zero-order valence-electron chi connectivity index (χ0n) is 15.9. The lowest BCUT2D eigenvalue weighted by Crippen LogP contribution is -2.54. The van der Waals surface area contributed by atoms with E-state index in [1.165, 1.54) is 58.0 Å². The van der Waals surface area contributed by atoms with Crippen LogP contribution in [0.1, 0.15) is 50.5 Å². The van der Waals surface area contributed by atoms with Gasteiger partial charge in [-0.15, -0.1) is 0 Å². The fourth-order valence-corrected chi connectivity index (χ4v) is 5.75. The second-order valence-corrected chi connectivity index (χ2v) is 8.87. The molecular formula is C22H34N2O2. The van der Waals surface area contributed by atoms with E-state index in [1.54, 1.807) is 6.07 Å². The van der Waals surface area contributed by atoms with E-state index in [4.69, 9.17) is 0 Å². The van der Waals surface area contributed by atoms with Crippen molar-refractivity contribution in [2.24, 2.45) is 11.3 Å². The standard InChI is InChI=1S/C22H34N2O2/c25-17-19-16-23(15-18-4-3-7-21(26)14-18)11-8-22(19)9-12-24(13-10-22)20-5-1-2-6-20/h3-4,7,14,19-20,25-26H,1-2,5-6,8-13,15-17H2/t19-/m0/s1. The molecule has 0 unspecified atom stereocenters. The highest BCUT2D eigenvalue weighted by Crippen LogP contribution is 2.46. The predicted molar refractivity (Wildman–Crippen MR) is 104 cm³/mol. The van der Waals surface area contributed by atoms with Crippen LogP contribution in [0, 0.1) is 11.3 Å². The van der Waals surface area contributed by atoms with Gasteiger partial charge in [0.2, 0.25) is 0 Å². The maximum atomic E-state index is 10.1. The summed E-state index contributed by atoms with van der Waals surface area (Å²) in [5.74, 6) is 0.730. The van der Waals surface area contributed by atoms with Gasteiger partial charge in [-0.2, -0.15) is 0 Å². The van der Waals surface area contributed by atoms with Crippen molar-refractivity contribution in [2.75, 3.05) is 32.8 Å². The summed E-state index contributed by atoms with van der Waals surface area (Å²) in [4.78, 5) is 5.20. The molecule has 0 amide bonds. The molecule has 4 nitrogen and oxygen atoms in total. The number of phenolic OH excluding ortho intramolecular Hbond substituents is 1. The summed E-state index contributed by atoms with van der Waals surface area (Å²) in [7, 11) is 0. The van der Waals surface area contributed by atoms with E-state index in [0.717, 1.165) is 31.2 Å². The third-order valence-electron chi connectivity index (χ3n) is 7.44. The molecule has 1 saturated carbocycles. The average Bonchev–Trinajstić information content (AvgIpc) is 3.19. The quantitative estimate of drug-likeness (QED) is 0.867. The van der Waals surface area contributed by atoms with Crippen molar-refractivity contribution in [1.82, 2.24) is 9.80 Å². The molecule has 26 heavy (non-hydrogen) atoms. The summed E-state index contributed by atoms with van der Waals surface area (Å²) in [6.45, 7) is 5.72. The normalized spacial score (nSPS) is 28.0. The molecule has 2 N–H and O–H groups in total. The lowest BCUT2D eigenvalue weighted by molar-refractivity contribution is -0.0499. The minimum atomic E-state index is 0.306. The third kappa shape index (κ3) is 3.78. The zero-order valence-corrected chi connectivity index (χ0v) is 15.9. The van der Waals surface area contributed by atoms with Crippen LogP contribution in [0.5, 0.6) is 5.75 Å². The first kappa shape index (κ1) is 18.3. The molecule has 0 bridgehead atoms. The molecule has 2 saturated heterocycles. The summed E-state index contributed by atoms with van der Waals surface area (Å²) in [5.41, 5.74) is 1.51. The maximum Gasteiger partial charge on any atom is 0.115 e. The Morgan fingerprint density at radius 3 is 2.46 bits per heavy atom. The third-order valence-corrected chi connectivity index (χ3v) is 7.44. The number of benzene rings is 1. The van der Waals surface area contributed by atoms with Crippen molar-refractivity contribution in [1.29, 1.82) is 0 Å². The molecule has 0 radical (unpaired) electrons. The van der Waals surface area contributed by atoms with E-state index < -0.39 is 0 Å². The Kier molecular flexibility index (Phi) is 5.53. The van der Waals surface area contributed by atoms with Gasteiger partial charge in [-0.3, -0.25) is 4.90 Å². The monoisotopic (exact) mass is 358 g/mol. The van der Waals surface area contributed by atoms with Gasteiger partial charge < -0.3 is 15.1 Å². The number of aliphatic hydroxyl groups is 1. The number of piperidine rings is 2. The molecule has 4 rings (SSSR count). The van der Waals surface area contributed by atoms with Gasteiger partial charge in [-0.1, -0.05) is 25.0 Å². The highest BCUT2D eigenvalue weighted by molar-refractivity contribution is 5.27. The number of likely N-dealkylation sites (tertiary alicyclic amines) is 2. The van der Waals surface area contributed by atoms with E-state index in [9.17, 15) is 10.2 Å². The van der Waals surface area contributed by atoms with E-state index in [-0.39, 0.29) is 0 Å². The Hall–Kier alpha value is -1.10. The largest absolute Gasteiger partial charge is 0.508 e. The molecule has 1 atom stereocenters. The van der Waals surface area contributed by atoms with Crippen molar-refractivity contribution < 1.29 is 10.2 Å². The van der Waals surface area contributed by atoms with Crippen LogP contribution in [-0.4, -0.2) is 58.8 Å². The van der Waals surface area contributed by atoms with Crippen LogP contribution in [0.3, 0.4) is 0 Å². The van der Waals surface area contributed by atoms with Gasteiger partial charge in [-0.25, -0.2) is 0 Å². The first-order valence-electron chi connectivity index (χ1n) is 10.5. The minimum absolute atomic E-state index is 0.306. The fraction of sp³-hybridized carbons (Fsp3) is 0.727. The van der Waals surface area contributed by atoms with Gasteiger partial charge in [0.15, 0.2) is 0 Å². The molecule has 1 aromatic carbocycles. The molecule has 1 aromatic rings. The topological polar surface area (TPSA) is 46.9 Å². The fourth-order valence-electron chi connectivity index (χ4n) is 5.75. The summed E-state index contributed by atoms with van der Waals surface area (Å²) in [6.07, 6.45) is 9.34. The molecule has 2 heterocycles. The van der Waals surface area contributed by atoms with Crippen LogP contribution in [0.4, 0.5) is 0 Å². The number of hydrogen-bond donors (Lipinski definition) is 2. The SMILES string of the molecule is OC[C@@H]1CN(Cc2cccc(O)c2)CCC12CCN(C1CCCC1)CC2. The van der Waals surface area contributed by atoms with Crippen LogP contribution in [0.2, 0.25) is 0 Å². The Bertz CT molecular complexity index is 592. The maximum absolute atomic E-state index is 10.1. The van der Waals surface area contributed by atoms with Gasteiger partial charge in [-0.05, 0) is 74.8 Å². The lowest BCUT2D eigenvalue weighted by atomic mass is 9.64. The number of hydrogen-bond acceptors (Lipinski definition) is 4. The van der Waals surface area contributed by atoms with Crippen molar-refractivity contribution in [3.05, 3.63) is 29.8 Å². The summed E-state index contributed by atoms with van der Waals surface area (Å²) < 4.78 is 0. The number of rotatable bonds is 4. The summed E-state index contributed by atoms with van der Waals surface area (Å²) >= 11 is 0. The van der Waals surface area contributed by atoms with Crippen molar-refractivity contribution in [3.63, 3.8) is 0 Å². The van der Waals surface area contributed by atoms with Crippen LogP contribution in [-0.2, 0) is 6.54 Å². The first-order valence-corrected chi connectivity index (χ1v) is 10.5. The van der Waals surface area contributed by atoms with Gasteiger partial charge in [0.25, 0.3) is 0 Å². The minimum Gasteiger partial charge on any atom is -0.508 e. The van der Waals surface area contributed by atoms with E-state index >= 15 is 0 Å². The highest BCUT2D eigenvalue weighted by atomic mass is 16.3. The highest BCUT2D eigenvalue weighted by Gasteiger charge is 2.45. The van der Waals surface area contributed by atoms with E-state index in [2.05, 4.69) is 15.9 Å². The molecule has 1 spiro atoms. The van der Waals surface area contributed by atoms with Crippen LogP contribution in [0.15, 0.2) is 24.3 Å². The number of aromatic hydroxyl groups is 1. The molecule has 0 aromatic heterocycles. The number of aliphatic hydroxyl groups excluding tert-OH is 1. The second-order valence-electron chi connectivity index (χ2n) is 8.87. The van der Waals surface area contributed by atoms with Crippen LogP contribution in [0.25, 0.3) is 0 Å². The number of nitrogens with zero attached hydrogens (tertiary/aromatic N) is 2. The van der Waals surface area contributed by atoms with Crippen molar-refractivity contribution in [2.45, 2.75) is 57.5 Å². The molecule has 4 heteroatoms. The van der Waals surface area contributed by atoms with E-state index in [0.29, 0.717) is 23.7 Å². The molecule has 3 fully saturated rings. The van der Waals surface area contributed by atoms with Gasteiger partial charge in [0, 0.05) is 31.7 Å². The van der Waals surface area contributed by atoms with Crippen LogP contribution < -0.4 is 0 Å². The molecular weight excluding hydrogens is 324 g/mol. The zero-order chi connectivity index (χ0) is 18.0. The van der Waals surface area contributed by atoms with Crippen molar-refractivity contribution >= 4 is 0 Å². The van der Waals surface area contributed by atoms with Gasteiger partial charge in [0.05, 0.1) is 0 Å². The second kappa shape index (κ2) is 7.87. The van der Waals surface area contributed by atoms with E-state index in [1.807, 2.05) is 12.1 Å². The van der Waals surface area contributed by atoms with Gasteiger partial charge >= 0.3 is 0 Å². The smallest absolute Gasteiger partial charge is 0.115 e. The Morgan fingerprint density at radius 2 is 1.77 bits per heavy atom.